The van der Waals surface area contributed by atoms with Gasteiger partial charge in [-0.1, -0.05) is 36.4 Å². The van der Waals surface area contributed by atoms with Gasteiger partial charge in [0.25, 0.3) is 0 Å². The highest BCUT2D eigenvalue weighted by atomic mass is 35.5. The van der Waals surface area contributed by atoms with Crippen molar-refractivity contribution >= 4 is 46.3 Å². The highest BCUT2D eigenvalue weighted by Gasteiger charge is 2.22. The van der Waals surface area contributed by atoms with E-state index < -0.39 is 11.9 Å². The summed E-state index contributed by atoms with van der Waals surface area (Å²) in [6.07, 6.45) is 14.6. The molecule has 2 amide bonds. The second-order valence-corrected chi connectivity index (χ2v) is 9.44. The number of halogens is 2. The first-order valence-electron chi connectivity index (χ1n) is 12.5. The Bertz CT molecular complexity index is 1470. The summed E-state index contributed by atoms with van der Waals surface area (Å²) in [5, 5.41) is 20.6. The topological polar surface area (TPSA) is 126 Å². The lowest BCUT2D eigenvalue weighted by atomic mass is 10.1. The molecule has 3 heterocycles. The van der Waals surface area contributed by atoms with Crippen molar-refractivity contribution in [3.8, 4) is 0 Å². The van der Waals surface area contributed by atoms with E-state index in [0.717, 1.165) is 0 Å². The predicted molar refractivity (Wildman–Crippen MR) is 153 cm³/mol. The van der Waals surface area contributed by atoms with Crippen molar-refractivity contribution in [2.45, 2.75) is 32.2 Å². The van der Waals surface area contributed by atoms with E-state index in [9.17, 15) is 14.0 Å². The Morgan fingerprint density at radius 3 is 2.85 bits per heavy atom. The predicted octanol–water partition coefficient (Wildman–Crippen LogP) is 4.11. The number of rotatable bonds is 6. The molecule has 2 aliphatic heterocycles. The quantitative estimate of drug-likeness (QED) is 0.276. The molecular weight excluding hydrogens is 535 g/mol. The number of carbonyl (C=O) groups is 2. The number of benzene rings is 1. The number of anilines is 1. The van der Waals surface area contributed by atoms with Crippen molar-refractivity contribution in [1.29, 1.82) is 0 Å². The van der Waals surface area contributed by atoms with Gasteiger partial charge in [0.15, 0.2) is 0 Å². The normalized spacial score (nSPS) is 19.1. The van der Waals surface area contributed by atoms with Crippen LogP contribution >= 0.6 is 11.6 Å². The van der Waals surface area contributed by atoms with Gasteiger partial charge in [0.2, 0.25) is 11.8 Å². The number of fused-ring (bicyclic) bond motifs is 4. The lowest BCUT2D eigenvalue weighted by Crippen LogP contribution is -2.46. The Hall–Kier alpha value is -4.64. The van der Waals surface area contributed by atoms with Crippen molar-refractivity contribution in [2.24, 2.45) is 4.99 Å². The summed E-state index contributed by atoms with van der Waals surface area (Å²) in [6, 6.07) is 3.69. The van der Waals surface area contributed by atoms with E-state index in [0.29, 0.717) is 58.5 Å². The highest BCUT2D eigenvalue weighted by molar-refractivity contribution is 6.30. The molecule has 0 saturated heterocycles. The first kappa shape index (κ1) is 28.4. The zero-order valence-electron chi connectivity index (χ0n) is 21.8. The second kappa shape index (κ2) is 13.4. The van der Waals surface area contributed by atoms with Crippen LogP contribution in [0.1, 0.15) is 31.7 Å². The molecule has 0 unspecified atom stereocenters. The Labute approximate surface area is 235 Å². The van der Waals surface area contributed by atoms with Crippen LogP contribution in [0, 0.1) is 5.82 Å². The van der Waals surface area contributed by atoms with Crippen LogP contribution in [0.15, 0.2) is 89.2 Å². The molecule has 2 bridgehead atoms. The fourth-order valence-electron chi connectivity index (χ4n) is 4.04. The Morgan fingerprint density at radius 1 is 1.23 bits per heavy atom. The minimum absolute atomic E-state index is 0.174. The molecule has 0 saturated carbocycles. The molecule has 40 heavy (non-hydrogen) atoms. The van der Waals surface area contributed by atoms with Crippen LogP contribution in [0.3, 0.4) is 0 Å². The number of amidine groups is 1. The van der Waals surface area contributed by atoms with E-state index in [1.54, 1.807) is 31.2 Å². The third-order valence-corrected chi connectivity index (χ3v) is 6.12. The van der Waals surface area contributed by atoms with Gasteiger partial charge in [-0.2, -0.15) is 0 Å². The van der Waals surface area contributed by atoms with Crippen LogP contribution in [0.25, 0.3) is 11.4 Å². The largest absolute Gasteiger partial charge is 0.342 e. The summed E-state index contributed by atoms with van der Waals surface area (Å²) in [5.41, 5.74) is 2.88. The number of aromatic nitrogens is 4. The van der Waals surface area contributed by atoms with Crippen LogP contribution in [0.2, 0.25) is 0 Å². The lowest BCUT2D eigenvalue weighted by Gasteiger charge is -2.25. The molecule has 0 spiro atoms. The molecule has 12 heteroatoms. The second-order valence-electron chi connectivity index (χ2n) is 8.95. The van der Waals surface area contributed by atoms with Gasteiger partial charge in [-0.25, -0.2) is 9.07 Å². The van der Waals surface area contributed by atoms with Gasteiger partial charge in [0.1, 0.15) is 18.0 Å². The number of amides is 2. The molecule has 0 aliphatic carbocycles. The maximum Gasteiger partial charge on any atom is 0.244 e. The number of hydrogen-bond acceptors (Lipinski definition) is 7. The number of aliphatic imine (C=N–C) groups is 1. The number of nitrogens with one attached hydrogen (secondary N) is 3. The maximum absolute atomic E-state index is 14.2. The average Bonchev–Trinajstić information content (AvgIpc) is 3.46. The molecule has 1 aromatic heterocycles. The summed E-state index contributed by atoms with van der Waals surface area (Å²) in [6.45, 7) is 5.77. The first-order valence-corrected chi connectivity index (χ1v) is 12.9. The fraction of sp³-hybridized carbons (Fsp3) is 0.214. The third-order valence-electron chi connectivity index (χ3n) is 6.00. The molecule has 0 fully saturated rings. The van der Waals surface area contributed by atoms with Crippen molar-refractivity contribution < 1.29 is 14.0 Å². The van der Waals surface area contributed by atoms with Gasteiger partial charge >= 0.3 is 0 Å². The summed E-state index contributed by atoms with van der Waals surface area (Å²) in [5.74, 6) is -0.440. The number of hydrogen-bond donors (Lipinski definition) is 3. The first-order chi connectivity index (χ1) is 19.3. The average molecular weight is 563 g/mol. The highest BCUT2D eigenvalue weighted by Crippen LogP contribution is 2.26. The standard InChI is InChI=1S/C28H28ClFN8O2/c1-18(25(12-9-19(2)29)38-17-32-36-37-38)8-13-27(40)34-24-6-4-3-5-7-26(39)33-22-11-10-20(30)16-21(22)23-14-15-31-28(24)35-23/h3-4,8-14,16-17,24H,2,5-7,15H2,1H3,(H,31,35)(H,33,39)(H,34,40)/b4-3+,12-9-,13-8+,25-18-/t24-/m0/s1. The van der Waals surface area contributed by atoms with E-state index in [2.05, 4.69) is 43.0 Å². The van der Waals surface area contributed by atoms with Crippen LogP contribution in [-0.4, -0.2) is 50.4 Å². The molecule has 10 nitrogen and oxygen atoms in total. The maximum atomic E-state index is 14.2. The molecule has 0 radical (unpaired) electrons. The zero-order chi connectivity index (χ0) is 28.5. The molecule has 2 aromatic rings. The number of nitrogens with zero attached hydrogens (tertiary/aromatic N) is 5. The Kier molecular flexibility index (Phi) is 9.53. The molecular formula is C28H28ClFN8O2. The van der Waals surface area contributed by atoms with E-state index in [4.69, 9.17) is 11.6 Å². The van der Waals surface area contributed by atoms with Gasteiger partial charge in [-0.05, 0) is 72.2 Å². The molecule has 4 rings (SSSR count). The lowest BCUT2D eigenvalue weighted by molar-refractivity contribution is -0.117. The zero-order valence-corrected chi connectivity index (χ0v) is 22.5. The monoisotopic (exact) mass is 562 g/mol. The number of carbonyl (C=O) groups excluding carboxylic acids is 2. The van der Waals surface area contributed by atoms with E-state index >= 15 is 0 Å². The van der Waals surface area contributed by atoms with Gasteiger partial charge in [-0.15, -0.1) is 5.10 Å². The minimum Gasteiger partial charge on any atom is -0.342 e. The van der Waals surface area contributed by atoms with Crippen molar-refractivity contribution in [2.75, 3.05) is 11.9 Å². The molecule has 1 atom stereocenters. The molecule has 206 valence electrons. The van der Waals surface area contributed by atoms with Crippen molar-refractivity contribution in [3.63, 3.8) is 0 Å². The van der Waals surface area contributed by atoms with Gasteiger partial charge in [-0.3, -0.25) is 14.6 Å². The number of allylic oxidation sites excluding steroid dienone is 7. The summed E-state index contributed by atoms with van der Waals surface area (Å²) in [4.78, 5) is 30.0. The van der Waals surface area contributed by atoms with Gasteiger partial charge < -0.3 is 16.0 Å². The van der Waals surface area contributed by atoms with E-state index in [1.807, 2.05) is 12.2 Å². The SMILES string of the molecule is C=C(Cl)\C=C/C(=C(C)/C=C/C(=O)N[C@H]1C/C=C/CCC(=O)Nc2ccc(F)cc2C2=CCN=C1N2)n1cnnn1. The smallest absolute Gasteiger partial charge is 0.244 e. The van der Waals surface area contributed by atoms with Crippen molar-refractivity contribution in [3.05, 3.63) is 95.6 Å². The van der Waals surface area contributed by atoms with E-state index in [1.165, 1.54) is 35.3 Å². The Balaban J connectivity index is 1.57. The minimum atomic E-state index is -0.499. The Morgan fingerprint density at radius 2 is 2.08 bits per heavy atom. The van der Waals surface area contributed by atoms with Gasteiger partial charge in [0, 0.05) is 28.8 Å². The fourth-order valence-corrected chi connectivity index (χ4v) is 4.10. The van der Waals surface area contributed by atoms with Crippen LogP contribution in [0.5, 0.6) is 0 Å². The number of tetrazole rings is 1. The van der Waals surface area contributed by atoms with Crippen molar-refractivity contribution in [1.82, 2.24) is 30.8 Å². The van der Waals surface area contributed by atoms with Crippen LogP contribution in [0.4, 0.5) is 10.1 Å². The summed E-state index contributed by atoms with van der Waals surface area (Å²) >= 11 is 5.87. The molecule has 3 N–H and O–H groups in total. The van der Waals surface area contributed by atoms with Crippen LogP contribution in [-0.2, 0) is 9.59 Å². The molecule has 2 aliphatic rings. The van der Waals surface area contributed by atoms with E-state index in [-0.39, 0.29) is 18.2 Å². The van der Waals surface area contributed by atoms with Gasteiger partial charge in [0.05, 0.1) is 24.0 Å². The van der Waals surface area contributed by atoms with Crippen LogP contribution < -0.4 is 16.0 Å². The summed E-state index contributed by atoms with van der Waals surface area (Å²) in [7, 11) is 0. The molecule has 1 aromatic carbocycles. The summed E-state index contributed by atoms with van der Waals surface area (Å²) < 4.78 is 15.6. The third kappa shape index (κ3) is 7.70.